The summed E-state index contributed by atoms with van der Waals surface area (Å²) >= 11 is 1.36. The minimum absolute atomic E-state index is 0.267. The van der Waals surface area contributed by atoms with Gasteiger partial charge in [-0.15, -0.1) is 11.3 Å². The lowest BCUT2D eigenvalue weighted by Gasteiger charge is -2.15. The SMILES string of the molecule is CCC(NC(=O)c1ccccc1)C(=O)Nc1nc(-c2ccccc2)cs1. The van der Waals surface area contributed by atoms with Gasteiger partial charge in [0.1, 0.15) is 6.04 Å². The molecular formula is C20H19N3O2S. The second-order valence-corrected chi connectivity index (χ2v) is 6.55. The van der Waals surface area contributed by atoms with Crippen molar-refractivity contribution < 1.29 is 9.59 Å². The lowest BCUT2D eigenvalue weighted by molar-refractivity contribution is -0.118. The molecule has 26 heavy (non-hydrogen) atoms. The number of thiazole rings is 1. The second kappa shape index (κ2) is 8.40. The molecule has 3 aromatic rings. The van der Waals surface area contributed by atoms with Crippen LogP contribution < -0.4 is 10.6 Å². The van der Waals surface area contributed by atoms with Crippen molar-refractivity contribution in [1.29, 1.82) is 0 Å². The molecule has 0 aliphatic carbocycles. The van der Waals surface area contributed by atoms with Gasteiger partial charge in [0.15, 0.2) is 5.13 Å². The number of nitrogens with zero attached hydrogens (tertiary/aromatic N) is 1. The zero-order chi connectivity index (χ0) is 18.4. The Morgan fingerprint density at radius 3 is 2.35 bits per heavy atom. The zero-order valence-electron chi connectivity index (χ0n) is 14.3. The first-order valence-electron chi connectivity index (χ1n) is 8.35. The van der Waals surface area contributed by atoms with Gasteiger partial charge in [0.25, 0.3) is 5.91 Å². The Morgan fingerprint density at radius 2 is 1.69 bits per heavy atom. The first-order valence-corrected chi connectivity index (χ1v) is 9.23. The highest BCUT2D eigenvalue weighted by Crippen LogP contribution is 2.24. The second-order valence-electron chi connectivity index (χ2n) is 5.69. The maximum absolute atomic E-state index is 12.5. The Labute approximate surface area is 156 Å². The van der Waals surface area contributed by atoms with Gasteiger partial charge in [-0.05, 0) is 18.6 Å². The fourth-order valence-corrected chi connectivity index (χ4v) is 3.17. The first-order chi connectivity index (χ1) is 12.7. The number of amides is 2. The summed E-state index contributed by atoms with van der Waals surface area (Å²) in [7, 11) is 0. The average Bonchev–Trinajstić information content (AvgIpc) is 3.15. The van der Waals surface area contributed by atoms with Crippen LogP contribution in [-0.4, -0.2) is 22.8 Å². The Hall–Kier alpha value is -2.99. The van der Waals surface area contributed by atoms with E-state index >= 15 is 0 Å². The van der Waals surface area contributed by atoms with E-state index < -0.39 is 6.04 Å². The molecule has 1 aromatic heterocycles. The highest BCUT2D eigenvalue weighted by atomic mass is 32.1. The van der Waals surface area contributed by atoms with E-state index in [1.54, 1.807) is 24.3 Å². The summed E-state index contributed by atoms with van der Waals surface area (Å²) in [4.78, 5) is 29.2. The largest absolute Gasteiger partial charge is 0.340 e. The molecule has 3 rings (SSSR count). The van der Waals surface area contributed by atoms with Crippen LogP contribution in [0.5, 0.6) is 0 Å². The van der Waals surface area contributed by atoms with Crippen molar-refractivity contribution in [3.8, 4) is 11.3 Å². The minimum atomic E-state index is -0.619. The van der Waals surface area contributed by atoms with Crippen molar-refractivity contribution in [3.63, 3.8) is 0 Å². The maximum atomic E-state index is 12.5. The van der Waals surface area contributed by atoms with Crippen molar-refractivity contribution in [2.24, 2.45) is 0 Å². The van der Waals surface area contributed by atoms with Crippen molar-refractivity contribution >= 4 is 28.3 Å². The molecule has 5 nitrogen and oxygen atoms in total. The van der Waals surface area contributed by atoms with E-state index in [1.807, 2.05) is 48.7 Å². The highest BCUT2D eigenvalue weighted by molar-refractivity contribution is 7.14. The number of hydrogen-bond donors (Lipinski definition) is 2. The molecule has 0 radical (unpaired) electrons. The third kappa shape index (κ3) is 4.34. The van der Waals surface area contributed by atoms with Gasteiger partial charge in [-0.25, -0.2) is 4.98 Å². The van der Waals surface area contributed by atoms with E-state index in [1.165, 1.54) is 11.3 Å². The first kappa shape index (κ1) is 17.8. The number of hydrogen-bond acceptors (Lipinski definition) is 4. The van der Waals surface area contributed by atoms with Gasteiger partial charge < -0.3 is 10.6 Å². The smallest absolute Gasteiger partial charge is 0.251 e. The topological polar surface area (TPSA) is 71.1 Å². The molecule has 6 heteroatoms. The van der Waals surface area contributed by atoms with Crippen molar-refractivity contribution in [2.75, 3.05) is 5.32 Å². The summed E-state index contributed by atoms with van der Waals surface area (Å²) in [5.41, 5.74) is 2.33. The highest BCUT2D eigenvalue weighted by Gasteiger charge is 2.20. The van der Waals surface area contributed by atoms with E-state index in [2.05, 4.69) is 15.6 Å². The van der Waals surface area contributed by atoms with Gasteiger partial charge in [0, 0.05) is 16.5 Å². The molecule has 1 heterocycles. The summed E-state index contributed by atoms with van der Waals surface area (Å²) < 4.78 is 0. The number of benzene rings is 2. The van der Waals surface area contributed by atoms with Gasteiger partial charge in [-0.3, -0.25) is 9.59 Å². The summed E-state index contributed by atoms with van der Waals surface area (Å²) in [6, 6.07) is 18.0. The molecule has 0 aliphatic heterocycles. The number of carbonyl (C=O) groups excluding carboxylic acids is 2. The van der Waals surface area contributed by atoms with E-state index in [4.69, 9.17) is 0 Å². The van der Waals surface area contributed by atoms with Gasteiger partial charge >= 0.3 is 0 Å². The quantitative estimate of drug-likeness (QED) is 0.695. The van der Waals surface area contributed by atoms with Crippen LogP contribution in [-0.2, 0) is 4.79 Å². The van der Waals surface area contributed by atoms with Crippen LogP contribution in [0.3, 0.4) is 0 Å². The van der Waals surface area contributed by atoms with Gasteiger partial charge in [-0.2, -0.15) is 0 Å². The Balaban J connectivity index is 1.64. The molecule has 132 valence electrons. The molecule has 0 fully saturated rings. The Kier molecular flexibility index (Phi) is 5.76. The number of aromatic nitrogens is 1. The number of rotatable bonds is 6. The van der Waals surface area contributed by atoms with Crippen LogP contribution in [0, 0.1) is 0 Å². The fourth-order valence-electron chi connectivity index (χ4n) is 2.45. The van der Waals surface area contributed by atoms with E-state index in [0.29, 0.717) is 17.1 Å². The van der Waals surface area contributed by atoms with Crippen LogP contribution in [0.15, 0.2) is 66.0 Å². The predicted molar refractivity (Wildman–Crippen MR) is 104 cm³/mol. The Bertz CT molecular complexity index is 878. The normalized spacial score (nSPS) is 11.6. The molecule has 0 aliphatic rings. The summed E-state index contributed by atoms with van der Waals surface area (Å²) in [6.45, 7) is 1.85. The molecule has 0 saturated heterocycles. The predicted octanol–water partition coefficient (Wildman–Crippen LogP) is 3.96. The van der Waals surface area contributed by atoms with E-state index in [9.17, 15) is 9.59 Å². The summed E-state index contributed by atoms with van der Waals surface area (Å²) in [5, 5.41) is 7.97. The van der Waals surface area contributed by atoms with Gasteiger partial charge in [0.2, 0.25) is 5.91 Å². The lowest BCUT2D eigenvalue weighted by atomic mass is 10.1. The van der Waals surface area contributed by atoms with E-state index in [-0.39, 0.29) is 11.8 Å². The standard InChI is InChI=1S/C20H19N3O2S/c1-2-16(21-18(24)15-11-7-4-8-12-15)19(25)23-20-22-17(13-26-20)14-9-5-3-6-10-14/h3-13,16H,2H2,1H3,(H,21,24)(H,22,23,25). The third-order valence-corrected chi connectivity index (χ3v) is 4.63. The third-order valence-electron chi connectivity index (χ3n) is 3.87. The van der Waals surface area contributed by atoms with Gasteiger partial charge in [0.05, 0.1) is 5.69 Å². The van der Waals surface area contributed by atoms with Crippen LogP contribution in [0.2, 0.25) is 0 Å². The summed E-state index contributed by atoms with van der Waals surface area (Å²) in [6.07, 6.45) is 0.487. The molecule has 1 unspecified atom stereocenters. The fraction of sp³-hybridized carbons (Fsp3) is 0.150. The molecule has 1 atom stereocenters. The van der Waals surface area contributed by atoms with Gasteiger partial charge in [-0.1, -0.05) is 55.5 Å². The molecule has 0 saturated carbocycles. The molecule has 2 amide bonds. The van der Waals surface area contributed by atoms with Crippen LogP contribution in [0.1, 0.15) is 23.7 Å². The zero-order valence-corrected chi connectivity index (χ0v) is 15.1. The monoisotopic (exact) mass is 365 g/mol. The molecule has 0 spiro atoms. The minimum Gasteiger partial charge on any atom is -0.340 e. The van der Waals surface area contributed by atoms with Crippen LogP contribution >= 0.6 is 11.3 Å². The number of anilines is 1. The lowest BCUT2D eigenvalue weighted by Crippen LogP contribution is -2.43. The van der Waals surface area contributed by atoms with Crippen molar-refractivity contribution in [2.45, 2.75) is 19.4 Å². The molecule has 2 aromatic carbocycles. The Morgan fingerprint density at radius 1 is 1.04 bits per heavy atom. The van der Waals surface area contributed by atoms with Crippen LogP contribution in [0.4, 0.5) is 5.13 Å². The van der Waals surface area contributed by atoms with Crippen LogP contribution in [0.25, 0.3) is 11.3 Å². The van der Waals surface area contributed by atoms with Crippen molar-refractivity contribution in [1.82, 2.24) is 10.3 Å². The number of nitrogens with one attached hydrogen (secondary N) is 2. The molecule has 0 bridgehead atoms. The summed E-state index contributed by atoms with van der Waals surface area (Å²) in [5.74, 6) is -0.539. The molecule has 2 N–H and O–H groups in total. The van der Waals surface area contributed by atoms with Crippen molar-refractivity contribution in [3.05, 3.63) is 71.6 Å². The van der Waals surface area contributed by atoms with E-state index in [0.717, 1.165) is 11.3 Å². The molecular weight excluding hydrogens is 346 g/mol. The number of carbonyl (C=O) groups is 2. The average molecular weight is 365 g/mol. The maximum Gasteiger partial charge on any atom is 0.251 e.